The summed E-state index contributed by atoms with van der Waals surface area (Å²) in [6.45, 7) is 0.628. The highest BCUT2D eigenvalue weighted by Gasteiger charge is 2.09. The fourth-order valence-corrected chi connectivity index (χ4v) is 1.75. The summed E-state index contributed by atoms with van der Waals surface area (Å²) in [5.74, 6) is 0.458. The van der Waals surface area contributed by atoms with Gasteiger partial charge in [0.05, 0.1) is 25.9 Å². The number of nitrogens with zero attached hydrogens (tertiary/aromatic N) is 4. The number of tetrazole rings is 1. The van der Waals surface area contributed by atoms with Gasteiger partial charge in [0.25, 0.3) is 0 Å². The van der Waals surface area contributed by atoms with E-state index in [1.54, 1.807) is 0 Å². The summed E-state index contributed by atoms with van der Waals surface area (Å²) in [5.41, 5.74) is 0. The maximum absolute atomic E-state index is 9.40. The number of hydrogen-bond donors (Lipinski definition) is 2. The Hall–Kier alpha value is -0.700. The third kappa shape index (κ3) is 4.12. The molecule has 0 bridgehead atoms. The van der Waals surface area contributed by atoms with Gasteiger partial charge in [-0.2, -0.15) is 0 Å². The van der Waals surface area contributed by atoms with Gasteiger partial charge in [-0.05, 0) is 10.4 Å². The minimum Gasteiger partial charge on any atom is -0.394 e. The lowest BCUT2D eigenvalue weighted by molar-refractivity contribution is 0.0793. The normalized spacial score (nSPS) is 13.0. The average Bonchev–Trinajstić information content (AvgIpc) is 2.64. The van der Waals surface area contributed by atoms with Crippen molar-refractivity contribution in [3.63, 3.8) is 0 Å². The number of methoxy groups -OCH3 is 1. The Kier molecular flexibility index (Phi) is 5.54. The Morgan fingerprint density at radius 2 is 2.40 bits per heavy atom. The third-order valence-electron chi connectivity index (χ3n) is 1.57. The Balaban J connectivity index is 2.39. The monoisotopic (exact) mass is 234 g/mol. The van der Waals surface area contributed by atoms with Crippen molar-refractivity contribution < 1.29 is 14.9 Å². The number of rotatable bonds is 7. The van der Waals surface area contributed by atoms with E-state index in [9.17, 15) is 5.11 Å². The first-order valence-electron chi connectivity index (χ1n) is 4.44. The fourth-order valence-electron chi connectivity index (χ4n) is 0.946. The maximum atomic E-state index is 9.40. The number of thioether (sulfide) groups is 1. The van der Waals surface area contributed by atoms with E-state index in [2.05, 4.69) is 15.5 Å². The predicted molar refractivity (Wildman–Crippen MR) is 53.5 cm³/mol. The first-order chi connectivity index (χ1) is 7.27. The quantitative estimate of drug-likeness (QED) is 0.570. The molecule has 1 unspecified atom stereocenters. The van der Waals surface area contributed by atoms with Gasteiger partial charge in [0.2, 0.25) is 5.16 Å². The minimum atomic E-state index is -0.542. The smallest absolute Gasteiger partial charge is 0.209 e. The van der Waals surface area contributed by atoms with E-state index in [0.29, 0.717) is 17.5 Å². The number of aromatic nitrogens is 4. The van der Waals surface area contributed by atoms with E-state index in [-0.39, 0.29) is 13.2 Å². The summed E-state index contributed by atoms with van der Waals surface area (Å²) in [6, 6.07) is 0. The Morgan fingerprint density at radius 3 is 3.07 bits per heavy atom. The number of hydrogen-bond acceptors (Lipinski definition) is 7. The van der Waals surface area contributed by atoms with Crippen LogP contribution in [0, 0.1) is 0 Å². The van der Waals surface area contributed by atoms with Crippen LogP contribution in [0.15, 0.2) is 5.16 Å². The van der Waals surface area contributed by atoms with Crippen LogP contribution < -0.4 is 0 Å². The zero-order valence-electron chi connectivity index (χ0n) is 8.41. The SMILES string of the molecule is COCC(O)CSc1nnnn1CCO. The van der Waals surface area contributed by atoms with Gasteiger partial charge >= 0.3 is 0 Å². The van der Waals surface area contributed by atoms with E-state index in [4.69, 9.17) is 9.84 Å². The standard InChI is InChI=1S/C7H14N4O3S/c1-14-4-6(13)5-15-7-8-9-10-11(7)2-3-12/h6,12-13H,2-5H2,1H3. The topological polar surface area (TPSA) is 93.3 Å². The molecule has 0 aliphatic heterocycles. The molecule has 1 aromatic rings. The van der Waals surface area contributed by atoms with E-state index in [1.165, 1.54) is 23.6 Å². The largest absolute Gasteiger partial charge is 0.394 e. The van der Waals surface area contributed by atoms with E-state index in [0.717, 1.165) is 0 Å². The number of aliphatic hydroxyl groups excluding tert-OH is 2. The average molecular weight is 234 g/mol. The van der Waals surface area contributed by atoms with Crippen LogP contribution in [0.1, 0.15) is 0 Å². The molecule has 1 rings (SSSR count). The number of aliphatic hydroxyl groups is 2. The van der Waals surface area contributed by atoms with Crippen molar-refractivity contribution in [1.82, 2.24) is 20.2 Å². The van der Waals surface area contributed by atoms with Gasteiger partial charge in [0.1, 0.15) is 0 Å². The molecule has 86 valence electrons. The highest BCUT2D eigenvalue weighted by molar-refractivity contribution is 7.99. The van der Waals surface area contributed by atoms with Crippen molar-refractivity contribution in [1.29, 1.82) is 0 Å². The Labute approximate surface area is 91.4 Å². The molecule has 1 heterocycles. The molecule has 2 N–H and O–H groups in total. The van der Waals surface area contributed by atoms with Crippen molar-refractivity contribution in [2.45, 2.75) is 17.8 Å². The second-order valence-electron chi connectivity index (χ2n) is 2.83. The van der Waals surface area contributed by atoms with Crippen LogP contribution in [-0.4, -0.2) is 62.6 Å². The van der Waals surface area contributed by atoms with Crippen molar-refractivity contribution in [2.24, 2.45) is 0 Å². The first kappa shape index (κ1) is 12.4. The first-order valence-corrected chi connectivity index (χ1v) is 5.43. The van der Waals surface area contributed by atoms with Crippen LogP contribution in [0.4, 0.5) is 0 Å². The summed E-state index contributed by atoms with van der Waals surface area (Å²) in [7, 11) is 1.53. The third-order valence-corrected chi connectivity index (χ3v) is 2.68. The van der Waals surface area contributed by atoms with Gasteiger partial charge in [0, 0.05) is 12.9 Å². The van der Waals surface area contributed by atoms with Crippen LogP contribution in [0.25, 0.3) is 0 Å². The maximum Gasteiger partial charge on any atom is 0.209 e. The lowest BCUT2D eigenvalue weighted by Crippen LogP contribution is -2.17. The number of ether oxygens (including phenoxy) is 1. The van der Waals surface area contributed by atoms with E-state index in [1.807, 2.05) is 0 Å². The molecule has 0 saturated heterocycles. The molecule has 1 aromatic heterocycles. The second kappa shape index (κ2) is 6.72. The van der Waals surface area contributed by atoms with Gasteiger partial charge < -0.3 is 14.9 Å². The Bertz CT molecular complexity index is 283. The Morgan fingerprint density at radius 1 is 1.60 bits per heavy atom. The molecule has 0 aromatic carbocycles. The van der Waals surface area contributed by atoms with Crippen LogP contribution in [-0.2, 0) is 11.3 Å². The van der Waals surface area contributed by atoms with E-state index >= 15 is 0 Å². The molecule has 15 heavy (non-hydrogen) atoms. The molecular formula is C7H14N4O3S. The van der Waals surface area contributed by atoms with Crippen molar-refractivity contribution in [3.05, 3.63) is 0 Å². The van der Waals surface area contributed by atoms with Crippen LogP contribution in [0.3, 0.4) is 0 Å². The van der Waals surface area contributed by atoms with Crippen molar-refractivity contribution in [3.8, 4) is 0 Å². The molecule has 0 fully saturated rings. The van der Waals surface area contributed by atoms with Crippen molar-refractivity contribution >= 4 is 11.8 Å². The zero-order chi connectivity index (χ0) is 11.1. The molecule has 0 saturated carbocycles. The highest BCUT2D eigenvalue weighted by Crippen LogP contribution is 2.14. The van der Waals surface area contributed by atoms with Gasteiger partial charge in [-0.1, -0.05) is 11.8 Å². The van der Waals surface area contributed by atoms with Crippen molar-refractivity contribution in [2.75, 3.05) is 26.1 Å². The van der Waals surface area contributed by atoms with Crippen LogP contribution in [0.2, 0.25) is 0 Å². The molecule has 1 atom stereocenters. The molecule has 7 nitrogen and oxygen atoms in total. The zero-order valence-corrected chi connectivity index (χ0v) is 9.22. The molecule has 8 heteroatoms. The highest BCUT2D eigenvalue weighted by atomic mass is 32.2. The van der Waals surface area contributed by atoms with Crippen LogP contribution in [0.5, 0.6) is 0 Å². The molecular weight excluding hydrogens is 220 g/mol. The van der Waals surface area contributed by atoms with Gasteiger partial charge in [0.15, 0.2) is 0 Å². The molecule has 0 aliphatic rings. The van der Waals surface area contributed by atoms with Gasteiger partial charge in [-0.3, -0.25) is 0 Å². The molecule has 0 radical (unpaired) electrons. The van der Waals surface area contributed by atoms with Gasteiger partial charge in [-0.15, -0.1) is 5.10 Å². The minimum absolute atomic E-state index is 0.0147. The lowest BCUT2D eigenvalue weighted by atomic mass is 10.4. The summed E-state index contributed by atoms with van der Waals surface area (Å²) in [4.78, 5) is 0. The van der Waals surface area contributed by atoms with Crippen LogP contribution >= 0.6 is 11.8 Å². The lowest BCUT2D eigenvalue weighted by Gasteiger charge is -2.07. The molecule has 0 spiro atoms. The summed E-state index contributed by atoms with van der Waals surface area (Å²) < 4.78 is 6.28. The second-order valence-corrected chi connectivity index (χ2v) is 3.82. The summed E-state index contributed by atoms with van der Waals surface area (Å²) in [6.07, 6.45) is -0.542. The summed E-state index contributed by atoms with van der Waals surface area (Å²) >= 11 is 1.33. The van der Waals surface area contributed by atoms with Gasteiger partial charge in [-0.25, -0.2) is 4.68 Å². The fraction of sp³-hybridized carbons (Fsp3) is 0.857. The molecule has 0 aliphatic carbocycles. The summed E-state index contributed by atoms with van der Waals surface area (Å²) in [5, 5.41) is 29.7. The predicted octanol–water partition coefficient (Wildman–Crippen LogP) is -1.24. The van der Waals surface area contributed by atoms with E-state index < -0.39 is 6.10 Å². The molecule has 0 amide bonds.